The Kier molecular flexibility index (Phi) is 5.16. The summed E-state index contributed by atoms with van der Waals surface area (Å²) in [6.07, 6.45) is 2.85. The lowest BCUT2D eigenvalue weighted by atomic mass is 10.1. The fourth-order valence-electron chi connectivity index (χ4n) is 2.12. The van der Waals surface area contributed by atoms with Gasteiger partial charge in [0.2, 0.25) is 0 Å². The molecule has 1 aliphatic rings. The summed E-state index contributed by atoms with van der Waals surface area (Å²) in [5.41, 5.74) is 4.53. The van der Waals surface area contributed by atoms with Crippen LogP contribution in [-0.2, 0) is 9.59 Å². The first-order chi connectivity index (χ1) is 10.1. The summed E-state index contributed by atoms with van der Waals surface area (Å²) in [7, 11) is 0. The molecule has 0 saturated carbocycles. The van der Waals surface area contributed by atoms with Gasteiger partial charge in [-0.15, -0.1) is 0 Å². The van der Waals surface area contributed by atoms with E-state index in [-0.39, 0.29) is 10.6 Å². The lowest BCUT2D eigenvalue weighted by Gasteiger charge is -2.25. The Hall–Kier alpha value is -2.08. The molecule has 21 heavy (non-hydrogen) atoms. The average Bonchev–Trinajstić information content (AvgIpc) is 2.52. The minimum absolute atomic E-state index is 0.227. The standard InChI is InChI=1S/C14H16ClN3O3/c15-11-7-3-2-6-10(11)12(19)16-17-13(20)14(21)18-8-4-1-5-9-18/h2-3,6-7H,1,4-5,8-9H2,(H,16,19)(H,17,20). The number of hydrogen-bond acceptors (Lipinski definition) is 3. The zero-order chi connectivity index (χ0) is 15.2. The molecule has 0 aromatic heterocycles. The van der Waals surface area contributed by atoms with E-state index >= 15 is 0 Å². The molecule has 1 saturated heterocycles. The lowest BCUT2D eigenvalue weighted by molar-refractivity contribution is -0.146. The van der Waals surface area contributed by atoms with Gasteiger partial charge < -0.3 is 4.90 Å². The Morgan fingerprint density at radius 1 is 1.00 bits per heavy atom. The van der Waals surface area contributed by atoms with Crippen molar-refractivity contribution in [2.45, 2.75) is 19.3 Å². The first kappa shape index (κ1) is 15.3. The Labute approximate surface area is 127 Å². The van der Waals surface area contributed by atoms with Crippen LogP contribution in [0.3, 0.4) is 0 Å². The van der Waals surface area contributed by atoms with Crippen molar-refractivity contribution < 1.29 is 14.4 Å². The lowest BCUT2D eigenvalue weighted by Crippen LogP contribution is -2.50. The summed E-state index contributed by atoms with van der Waals surface area (Å²) in [6.45, 7) is 1.15. The molecular weight excluding hydrogens is 294 g/mol. The van der Waals surface area contributed by atoms with Crippen LogP contribution in [0.15, 0.2) is 24.3 Å². The topological polar surface area (TPSA) is 78.5 Å². The van der Waals surface area contributed by atoms with Gasteiger partial charge in [-0.2, -0.15) is 0 Å². The van der Waals surface area contributed by atoms with Crippen molar-refractivity contribution in [3.8, 4) is 0 Å². The number of rotatable bonds is 1. The highest BCUT2D eigenvalue weighted by atomic mass is 35.5. The van der Waals surface area contributed by atoms with Crippen LogP contribution in [0.5, 0.6) is 0 Å². The van der Waals surface area contributed by atoms with Crippen LogP contribution in [-0.4, -0.2) is 35.7 Å². The molecule has 7 heteroatoms. The normalized spacial score (nSPS) is 14.4. The van der Waals surface area contributed by atoms with Gasteiger partial charge >= 0.3 is 11.8 Å². The van der Waals surface area contributed by atoms with E-state index in [2.05, 4.69) is 10.9 Å². The van der Waals surface area contributed by atoms with E-state index in [0.29, 0.717) is 13.1 Å². The van der Waals surface area contributed by atoms with Crippen LogP contribution in [0.1, 0.15) is 29.6 Å². The Bertz CT molecular complexity index is 556. The maximum atomic E-state index is 11.9. The molecule has 1 aromatic carbocycles. The number of nitrogens with zero attached hydrogens (tertiary/aromatic N) is 1. The molecule has 0 spiro atoms. The Balaban J connectivity index is 1.87. The second-order valence-electron chi connectivity index (χ2n) is 4.74. The monoisotopic (exact) mass is 309 g/mol. The van der Waals surface area contributed by atoms with Crippen molar-refractivity contribution >= 4 is 29.3 Å². The maximum Gasteiger partial charge on any atom is 0.327 e. The second kappa shape index (κ2) is 7.08. The molecule has 0 unspecified atom stereocenters. The van der Waals surface area contributed by atoms with Crippen molar-refractivity contribution in [3.05, 3.63) is 34.9 Å². The maximum absolute atomic E-state index is 11.9. The average molecular weight is 310 g/mol. The van der Waals surface area contributed by atoms with Crippen molar-refractivity contribution in [2.75, 3.05) is 13.1 Å². The third kappa shape index (κ3) is 3.95. The highest BCUT2D eigenvalue weighted by Crippen LogP contribution is 2.14. The van der Waals surface area contributed by atoms with Crippen molar-refractivity contribution in [2.24, 2.45) is 0 Å². The molecule has 1 aliphatic heterocycles. The molecule has 112 valence electrons. The van der Waals surface area contributed by atoms with Crippen LogP contribution in [0.2, 0.25) is 5.02 Å². The summed E-state index contributed by atoms with van der Waals surface area (Å²) in [5.74, 6) is -2.05. The van der Waals surface area contributed by atoms with Crippen molar-refractivity contribution in [1.82, 2.24) is 15.8 Å². The van der Waals surface area contributed by atoms with Gasteiger partial charge in [-0.3, -0.25) is 25.2 Å². The zero-order valence-corrected chi connectivity index (χ0v) is 12.2. The van der Waals surface area contributed by atoms with E-state index in [1.165, 1.54) is 11.0 Å². The van der Waals surface area contributed by atoms with Gasteiger partial charge in [0.15, 0.2) is 0 Å². The number of carbonyl (C=O) groups excluding carboxylic acids is 3. The van der Waals surface area contributed by atoms with E-state index in [1.54, 1.807) is 18.2 Å². The molecule has 0 atom stereocenters. The molecule has 3 amide bonds. The fraction of sp³-hybridized carbons (Fsp3) is 0.357. The number of likely N-dealkylation sites (tertiary alicyclic amines) is 1. The molecule has 1 fully saturated rings. The fourth-order valence-corrected chi connectivity index (χ4v) is 2.34. The van der Waals surface area contributed by atoms with Crippen LogP contribution in [0, 0.1) is 0 Å². The molecule has 1 aromatic rings. The van der Waals surface area contributed by atoms with E-state index in [1.807, 2.05) is 0 Å². The van der Waals surface area contributed by atoms with E-state index < -0.39 is 17.7 Å². The quantitative estimate of drug-likeness (QED) is 0.602. The second-order valence-corrected chi connectivity index (χ2v) is 5.15. The molecule has 0 aliphatic carbocycles. The molecule has 1 heterocycles. The van der Waals surface area contributed by atoms with E-state index in [9.17, 15) is 14.4 Å². The van der Waals surface area contributed by atoms with Crippen molar-refractivity contribution in [1.29, 1.82) is 0 Å². The van der Waals surface area contributed by atoms with Gasteiger partial charge in [-0.25, -0.2) is 0 Å². The number of halogens is 1. The highest BCUT2D eigenvalue weighted by molar-refractivity contribution is 6.35. The summed E-state index contributed by atoms with van der Waals surface area (Å²) in [4.78, 5) is 36.9. The molecule has 2 rings (SSSR count). The largest absolute Gasteiger partial charge is 0.334 e. The Morgan fingerprint density at radius 3 is 2.33 bits per heavy atom. The molecule has 0 radical (unpaired) electrons. The first-order valence-electron chi connectivity index (χ1n) is 6.73. The minimum atomic E-state index is -0.850. The number of piperidine rings is 1. The van der Waals surface area contributed by atoms with Gasteiger partial charge in [0.25, 0.3) is 5.91 Å². The first-order valence-corrected chi connectivity index (χ1v) is 7.11. The van der Waals surface area contributed by atoms with Gasteiger partial charge in [0.05, 0.1) is 10.6 Å². The number of hydrazine groups is 1. The number of amides is 3. The van der Waals surface area contributed by atoms with Crippen LogP contribution in [0.4, 0.5) is 0 Å². The third-order valence-electron chi connectivity index (χ3n) is 3.25. The molecule has 2 N–H and O–H groups in total. The number of nitrogens with one attached hydrogen (secondary N) is 2. The van der Waals surface area contributed by atoms with E-state index in [0.717, 1.165) is 19.3 Å². The predicted molar refractivity (Wildman–Crippen MR) is 77.5 cm³/mol. The summed E-state index contributed by atoms with van der Waals surface area (Å²) in [6, 6.07) is 6.44. The number of hydrogen-bond donors (Lipinski definition) is 2. The number of carbonyl (C=O) groups is 3. The Morgan fingerprint density at radius 2 is 1.67 bits per heavy atom. The molecule has 0 bridgehead atoms. The highest BCUT2D eigenvalue weighted by Gasteiger charge is 2.23. The third-order valence-corrected chi connectivity index (χ3v) is 3.58. The minimum Gasteiger partial charge on any atom is -0.334 e. The van der Waals surface area contributed by atoms with Crippen LogP contribution >= 0.6 is 11.6 Å². The van der Waals surface area contributed by atoms with Gasteiger partial charge in [0, 0.05) is 13.1 Å². The van der Waals surface area contributed by atoms with Crippen LogP contribution < -0.4 is 10.9 Å². The zero-order valence-electron chi connectivity index (χ0n) is 11.4. The molecular formula is C14H16ClN3O3. The van der Waals surface area contributed by atoms with Crippen LogP contribution in [0.25, 0.3) is 0 Å². The molecule has 6 nitrogen and oxygen atoms in total. The smallest absolute Gasteiger partial charge is 0.327 e. The van der Waals surface area contributed by atoms with E-state index in [4.69, 9.17) is 11.6 Å². The number of benzene rings is 1. The van der Waals surface area contributed by atoms with Gasteiger partial charge in [-0.05, 0) is 31.4 Å². The summed E-state index contributed by atoms with van der Waals surface area (Å²) < 4.78 is 0. The summed E-state index contributed by atoms with van der Waals surface area (Å²) in [5, 5.41) is 0.270. The van der Waals surface area contributed by atoms with Gasteiger partial charge in [0.1, 0.15) is 0 Å². The van der Waals surface area contributed by atoms with Gasteiger partial charge in [-0.1, -0.05) is 23.7 Å². The van der Waals surface area contributed by atoms with Crippen molar-refractivity contribution in [3.63, 3.8) is 0 Å². The summed E-state index contributed by atoms with van der Waals surface area (Å²) >= 11 is 5.87. The predicted octanol–water partition coefficient (Wildman–Crippen LogP) is 1.11. The SMILES string of the molecule is O=C(NNC(=O)c1ccccc1Cl)C(=O)N1CCCCC1.